The number of hydrogen-bond acceptors (Lipinski definition) is 4. The summed E-state index contributed by atoms with van der Waals surface area (Å²) in [6.07, 6.45) is 1.69. The van der Waals surface area contributed by atoms with Crippen molar-refractivity contribution < 1.29 is 19.1 Å². The van der Waals surface area contributed by atoms with Crippen LogP contribution in [0.5, 0.6) is 11.5 Å². The Morgan fingerprint density at radius 1 is 0.815 bits per heavy atom. The summed E-state index contributed by atoms with van der Waals surface area (Å²) in [4.78, 5) is 23.7. The molecule has 0 saturated heterocycles. The standard InChI is InChI=1S/C21H26N2O4/c1-26-18-10-8-17(14-19(18)27-2)12-13-22-21(25)15-23-20(24)11-9-16-6-4-3-5-7-16/h3-8,10,14H,9,11-13,15H2,1-2H3,(H,22,25)(H,23,24). The summed E-state index contributed by atoms with van der Waals surface area (Å²) in [5.41, 5.74) is 2.13. The fourth-order valence-electron chi connectivity index (χ4n) is 2.61. The lowest BCUT2D eigenvalue weighted by atomic mass is 10.1. The zero-order valence-corrected chi connectivity index (χ0v) is 15.8. The summed E-state index contributed by atoms with van der Waals surface area (Å²) in [6.45, 7) is 0.466. The molecule has 0 aliphatic rings. The Labute approximate surface area is 159 Å². The van der Waals surface area contributed by atoms with Gasteiger partial charge in [-0.3, -0.25) is 9.59 Å². The first-order chi connectivity index (χ1) is 13.1. The minimum Gasteiger partial charge on any atom is -0.493 e. The van der Waals surface area contributed by atoms with E-state index in [2.05, 4.69) is 10.6 Å². The number of ether oxygens (including phenoxy) is 2. The van der Waals surface area contributed by atoms with Crippen molar-refractivity contribution in [2.24, 2.45) is 0 Å². The van der Waals surface area contributed by atoms with Gasteiger partial charge in [0.15, 0.2) is 11.5 Å². The summed E-state index contributed by atoms with van der Waals surface area (Å²) in [5, 5.41) is 5.45. The molecule has 0 heterocycles. The van der Waals surface area contributed by atoms with Crippen LogP contribution in [0, 0.1) is 0 Å². The lowest BCUT2D eigenvalue weighted by molar-refractivity contribution is -0.126. The van der Waals surface area contributed by atoms with Crippen molar-refractivity contribution in [2.75, 3.05) is 27.3 Å². The van der Waals surface area contributed by atoms with Crippen LogP contribution in [-0.4, -0.2) is 39.1 Å². The van der Waals surface area contributed by atoms with E-state index in [1.54, 1.807) is 14.2 Å². The molecule has 0 spiro atoms. The number of methoxy groups -OCH3 is 2. The van der Waals surface area contributed by atoms with Crippen molar-refractivity contribution in [3.63, 3.8) is 0 Å². The number of carbonyl (C=O) groups is 2. The lowest BCUT2D eigenvalue weighted by Gasteiger charge is -2.10. The number of amides is 2. The van der Waals surface area contributed by atoms with Crippen LogP contribution in [0.2, 0.25) is 0 Å². The van der Waals surface area contributed by atoms with Crippen molar-refractivity contribution in [1.82, 2.24) is 10.6 Å². The van der Waals surface area contributed by atoms with E-state index in [1.807, 2.05) is 48.5 Å². The summed E-state index contributed by atoms with van der Waals surface area (Å²) in [7, 11) is 3.18. The largest absolute Gasteiger partial charge is 0.493 e. The second kappa shape index (κ2) is 10.9. The molecule has 6 heteroatoms. The molecular weight excluding hydrogens is 344 g/mol. The van der Waals surface area contributed by atoms with E-state index in [9.17, 15) is 9.59 Å². The zero-order chi connectivity index (χ0) is 19.5. The molecule has 0 aliphatic heterocycles. The number of rotatable bonds is 10. The summed E-state index contributed by atoms with van der Waals surface area (Å²) >= 11 is 0. The third kappa shape index (κ3) is 7.01. The number of nitrogens with one attached hydrogen (secondary N) is 2. The Morgan fingerprint density at radius 3 is 2.26 bits per heavy atom. The maximum absolute atomic E-state index is 11.9. The molecule has 0 radical (unpaired) electrons. The molecule has 2 N–H and O–H groups in total. The summed E-state index contributed by atoms with van der Waals surface area (Å²) in [6, 6.07) is 15.4. The molecule has 0 fully saturated rings. The van der Waals surface area contributed by atoms with Gasteiger partial charge in [0.05, 0.1) is 20.8 Å². The van der Waals surface area contributed by atoms with E-state index in [0.717, 1.165) is 11.1 Å². The highest BCUT2D eigenvalue weighted by molar-refractivity contribution is 5.84. The first kappa shape index (κ1) is 20.3. The van der Waals surface area contributed by atoms with Crippen LogP contribution in [-0.2, 0) is 22.4 Å². The van der Waals surface area contributed by atoms with E-state index < -0.39 is 0 Å². The number of aryl methyl sites for hydroxylation is 1. The van der Waals surface area contributed by atoms with Crippen molar-refractivity contribution >= 4 is 11.8 Å². The van der Waals surface area contributed by atoms with Gasteiger partial charge in [-0.2, -0.15) is 0 Å². The van der Waals surface area contributed by atoms with Gasteiger partial charge in [-0.05, 0) is 36.1 Å². The van der Waals surface area contributed by atoms with Crippen molar-refractivity contribution in [1.29, 1.82) is 0 Å². The van der Waals surface area contributed by atoms with E-state index in [0.29, 0.717) is 37.3 Å². The van der Waals surface area contributed by atoms with Crippen LogP contribution in [0.1, 0.15) is 17.5 Å². The van der Waals surface area contributed by atoms with Crippen molar-refractivity contribution in [2.45, 2.75) is 19.3 Å². The van der Waals surface area contributed by atoms with E-state index in [1.165, 1.54) is 0 Å². The first-order valence-electron chi connectivity index (χ1n) is 8.90. The molecule has 6 nitrogen and oxygen atoms in total. The number of hydrogen-bond donors (Lipinski definition) is 2. The molecule has 144 valence electrons. The monoisotopic (exact) mass is 370 g/mol. The first-order valence-corrected chi connectivity index (χ1v) is 8.90. The lowest BCUT2D eigenvalue weighted by Crippen LogP contribution is -2.37. The smallest absolute Gasteiger partial charge is 0.239 e. The number of benzene rings is 2. The van der Waals surface area contributed by atoms with Gasteiger partial charge in [-0.15, -0.1) is 0 Å². The zero-order valence-electron chi connectivity index (χ0n) is 15.8. The quantitative estimate of drug-likeness (QED) is 0.672. The maximum atomic E-state index is 11.9. The normalized spacial score (nSPS) is 10.1. The van der Waals surface area contributed by atoms with Crippen LogP contribution in [0.4, 0.5) is 0 Å². The molecule has 2 rings (SSSR count). The molecule has 0 aliphatic carbocycles. The van der Waals surface area contributed by atoms with Crippen LogP contribution >= 0.6 is 0 Å². The van der Waals surface area contributed by atoms with E-state index in [-0.39, 0.29) is 18.4 Å². The second-order valence-corrected chi connectivity index (χ2v) is 6.05. The van der Waals surface area contributed by atoms with E-state index in [4.69, 9.17) is 9.47 Å². The Balaban J connectivity index is 1.65. The fraction of sp³-hybridized carbons (Fsp3) is 0.333. The molecule has 0 saturated carbocycles. The minimum atomic E-state index is -0.205. The molecule has 2 amide bonds. The molecule has 27 heavy (non-hydrogen) atoms. The Bertz CT molecular complexity index is 747. The van der Waals surface area contributed by atoms with Crippen LogP contribution in [0.15, 0.2) is 48.5 Å². The fourth-order valence-corrected chi connectivity index (χ4v) is 2.61. The van der Waals surface area contributed by atoms with Crippen LogP contribution in [0.3, 0.4) is 0 Å². The molecule has 0 atom stereocenters. The summed E-state index contributed by atoms with van der Waals surface area (Å²) < 4.78 is 10.5. The SMILES string of the molecule is COc1ccc(CCNC(=O)CNC(=O)CCc2ccccc2)cc1OC. The van der Waals surface area contributed by atoms with Gasteiger partial charge >= 0.3 is 0 Å². The third-order valence-electron chi connectivity index (χ3n) is 4.11. The molecule has 2 aromatic rings. The van der Waals surface area contributed by atoms with Gasteiger partial charge in [0.2, 0.25) is 11.8 Å². The number of carbonyl (C=O) groups excluding carboxylic acids is 2. The predicted molar refractivity (Wildman–Crippen MR) is 104 cm³/mol. The molecule has 0 unspecified atom stereocenters. The van der Waals surface area contributed by atoms with Gasteiger partial charge in [0.25, 0.3) is 0 Å². The molecule has 2 aromatic carbocycles. The highest BCUT2D eigenvalue weighted by atomic mass is 16.5. The highest BCUT2D eigenvalue weighted by Gasteiger charge is 2.07. The Hall–Kier alpha value is -3.02. The van der Waals surface area contributed by atoms with Gasteiger partial charge in [-0.25, -0.2) is 0 Å². The van der Waals surface area contributed by atoms with Crippen molar-refractivity contribution in [3.8, 4) is 11.5 Å². The predicted octanol–water partition coefficient (Wildman–Crippen LogP) is 2.11. The minimum absolute atomic E-state index is 0.0143. The highest BCUT2D eigenvalue weighted by Crippen LogP contribution is 2.27. The maximum Gasteiger partial charge on any atom is 0.239 e. The van der Waals surface area contributed by atoms with Gasteiger partial charge < -0.3 is 20.1 Å². The van der Waals surface area contributed by atoms with Gasteiger partial charge in [-0.1, -0.05) is 36.4 Å². The average molecular weight is 370 g/mol. The second-order valence-electron chi connectivity index (χ2n) is 6.05. The molecule has 0 bridgehead atoms. The van der Waals surface area contributed by atoms with Gasteiger partial charge in [0.1, 0.15) is 0 Å². The Kier molecular flexibility index (Phi) is 8.16. The average Bonchev–Trinajstić information content (AvgIpc) is 2.71. The topological polar surface area (TPSA) is 76.7 Å². The van der Waals surface area contributed by atoms with Crippen LogP contribution in [0.25, 0.3) is 0 Å². The van der Waals surface area contributed by atoms with Crippen LogP contribution < -0.4 is 20.1 Å². The van der Waals surface area contributed by atoms with E-state index >= 15 is 0 Å². The summed E-state index contributed by atoms with van der Waals surface area (Å²) in [5.74, 6) is 0.993. The molecule has 0 aromatic heterocycles. The molecular formula is C21H26N2O4. The van der Waals surface area contributed by atoms with Crippen molar-refractivity contribution in [3.05, 3.63) is 59.7 Å². The Morgan fingerprint density at radius 2 is 1.56 bits per heavy atom. The third-order valence-corrected chi connectivity index (χ3v) is 4.11. The van der Waals surface area contributed by atoms with Gasteiger partial charge in [0, 0.05) is 13.0 Å².